The fourth-order valence-corrected chi connectivity index (χ4v) is 6.20. The van der Waals surface area contributed by atoms with E-state index < -0.39 is 16.2 Å². The standard InChI is InChI=1S/C27H28FN5O2S.ClH/c1-17-21(28)22(26(2,3)35)31-24(30-17)33-15-20-14-29-25(32-23(34)18-10-6-4-7-11-18)36-27(20,16-33)19-12-8-5-9-13-19;/h4-13,20,35H,14-16H2,1-3H3,(H,29,32,34);1H/t20-,27+;/m0./s1. The SMILES string of the molecule is Cc1nc(N2C[C@@H]3CN=C(NC(=O)c4ccccc4)S[C@@]3(c3ccccc3)C2)nc(C(C)(C)O)c1F.Cl. The number of rotatable bonds is 4. The molecule has 3 heterocycles. The summed E-state index contributed by atoms with van der Waals surface area (Å²) in [6, 6.07) is 19.2. The number of hydrogen-bond donors (Lipinski definition) is 2. The Morgan fingerprint density at radius 3 is 2.43 bits per heavy atom. The van der Waals surface area contributed by atoms with E-state index in [1.54, 1.807) is 19.1 Å². The third-order valence-electron chi connectivity index (χ3n) is 6.65. The Balaban J connectivity index is 0.00000320. The predicted molar refractivity (Wildman–Crippen MR) is 147 cm³/mol. The van der Waals surface area contributed by atoms with E-state index in [1.807, 2.05) is 41.3 Å². The lowest BCUT2D eigenvalue weighted by molar-refractivity contribution is 0.0691. The number of nitrogens with zero attached hydrogens (tertiary/aromatic N) is 4. The summed E-state index contributed by atoms with van der Waals surface area (Å²) < 4.78 is 14.3. The number of carbonyl (C=O) groups is 1. The van der Waals surface area contributed by atoms with Gasteiger partial charge in [-0.2, -0.15) is 0 Å². The van der Waals surface area contributed by atoms with E-state index in [0.29, 0.717) is 36.3 Å². The first-order valence-corrected chi connectivity index (χ1v) is 12.7. The van der Waals surface area contributed by atoms with Crippen molar-refractivity contribution in [2.45, 2.75) is 31.1 Å². The molecule has 194 valence electrons. The quantitative estimate of drug-likeness (QED) is 0.507. The van der Waals surface area contributed by atoms with Gasteiger partial charge in [0.25, 0.3) is 5.91 Å². The summed E-state index contributed by atoms with van der Waals surface area (Å²) in [6.07, 6.45) is 0. The average Bonchev–Trinajstić information content (AvgIpc) is 3.26. The minimum Gasteiger partial charge on any atom is -0.384 e. The van der Waals surface area contributed by atoms with Crippen LogP contribution in [0.4, 0.5) is 10.3 Å². The summed E-state index contributed by atoms with van der Waals surface area (Å²) in [5.74, 6) is -0.303. The number of hydrogen-bond acceptors (Lipinski definition) is 7. The molecule has 0 saturated carbocycles. The highest BCUT2D eigenvalue weighted by Gasteiger charge is 2.52. The molecule has 2 aromatic carbocycles. The molecule has 1 amide bonds. The number of carbonyl (C=O) groups excluding carboxylic acids is 1. The van der Waals surface area contributed by atoms with Crippen molar-refractivity contribution in [3.05, 3.63) is 89.0 Å². The van der Waals surface area contributed by atoms with Crippen molar-refractivity contribution in [1.82, 2.24) is 15.3 Å². The van der Waals surface area contributed by atoms with Gasteiger partial charge in [-0.1, -0.05) is 60.3 Å². The third kappa shape index (κ3) is 5.21. The molecule has 5 rings (SSSR count). The average molecular weight is 542 g/mol. The maximum Gasteiger partial charge on any atom is 0.257 e. The van der Waals surface area contributed by atoms with Crippen molar-refractivity contribution in [2.75, 3.05) is 24.5 Å². The van der Waals surface area contributed by atoms with E-state index in [1.165, 1.54) is 25.6 Å². The molecule has 1 fully saturated rings. The molecular formula is C27H29ClFN5O2S. The van der Waals surface area contributed by atoms with Gasteiger partial charge in [-0.15, -0.1) is 12.4 Å². The molecule has 7 nitrogen and oxygen atoms in total. The summed E-state index contributed by atoms with van der Waals surface area (Å²) >= 11 is 1.54. The van der Waals surface area contributed by atoms with Gasteiger partial charge in [0.15, 0.2) is 11.0 Å². The van der Waals surface area contributed by atoms with Crippen LogP contribution in [0, 0.1) is 18.7 Å². The Kier molecular flexibility index (Phi) is 7.60. The molecular weight excluding hydrogens is 513 g/mol. The second-order valence-corrected chi connectivity index (χ2v) is 11.1. The molecule has 0 bridgehead atoms. The zero-order valence-electron chi connectivity index (χ0n) is 20.8. The zero-order valence-corrected chi connectivity index (χ0v) is 22.4. The molecule has 0 spiro atoms. The number of thioether (sulfide) groups is 1. The second kappa shape index (κ2) is 10.4. The minimum atomic E-state index is -1.44. The topological polar surface area (TPSA) is 90.7 Å². The van der Waals surface area contributed by atoms with Crippen molar-refractivity contribution >= 4 is 41.2 Å². The summed E-state index contributed by atoms with van der Waals surface area (Å²) in [4.78, 5) is 28.5. The summed E-state index contributed by atoms with van der Waals surface area (Å²) in [5.41, 5.74) is 0.418. The number of anilines is 1. The number of amidine groups is 1. The fraction of sp³-hybridized carbons (Fsp3) is 0.333. The van der Waals surface area contributed by atoms with Crippen LogP contribution in [-0.2, 0) is 10.3 Å². The normalized spacial score (nSPS) is 21.1. The molecule has 0 unspecified atom stereocenters. The predicted octanol–water partition coefficient (Wildman–Crippen LogP) is 4.44. The first-order chi connectivity index (χ1) is 17.2. The number of aryl methyl sites for hydroxylation is 1. The monoisotopic (exact) mass is 541 g/mol. The van der Waals surface area contributed by atoms with Crippen LogP contribution < -0.4 is 10.2 Å². The maximum atomic E-state index is 14.7. The summed E-state index contributed by atoms with van der Waals surface area (Å²) in [6.45, 7) is 6.29. The number of aliphatic hydroxyl groups is 1. The van der Waals surface area contributed by atoms with Crippen LogP contribution in [0.1, 0.15) is 41.2 Å². The molecule has 1 aromatic heterocycles. The first-order valence-electron chi connectivity index (χ1n) is 11.8. The Bertz CT molecular complexity index is 1320. The number of nitrogens with one attached hydrogen (secondary N) is 1. The summed E-state index contributed by atoms with van der Waals surface area (Å²) in [5, 5.41) is 14.1. The molecule has 2 aliphatic heterocycles. The number of aliphatic imine (C=N–C) groups is 1. The smallest absolute Gasteiger partial charge is 0.257 e. The zero-order chi connectivity index (χ0) is 25.5. The van der Waals surface area contributed by atoms with Crippen molar-refractivity contribution < 1.29 is 14.3 Å². The molecule has 37 heavy (non-hydrogen) atoms. The van der Waals surface area contributed by atoms with E-state index in [0.717, 1.165) is 5.56 Å². The molecule has 0 radical (unpaired) electrons. The number of amides is 1. The number of halogens is 2. The van der Waals surface area contributed by atoms with Gasteiger partial charge < -0.3 is 15.3 Å². The van der Waals surface area contributed by atoms with Crippen molar-refractivity contribution in [3.8, 4) is 0 Å². The van der Waals surface area contributed by atoms with Crippen LogP contribution >= 0.6 is 24.2 Å². The van der Waals surface area contributed by atoms with E-state index in [-0.39, 0.29) is 35.6 Å². The van der Waals surface area contributed by atoms with Crippen LogP contribution in [0.25, 0.3) is 0 Å². The molecule has 0 aliphatic carbocycles. The van der Waals surface area contributed by atoms with Crippen LogP contribution in [0.15, 0.2) is 65.7 Å². The van der Waals surface area contributed by atoms with Crippen LogP contribution in [0.2, 0.25) is 0 Å². The number of fused-ring (bicyclic) bond motifs is 1. The van der Waals surface area contributed by atoms with Crippen molar-refractivity contribution in [3.63, 3.8) is 0 Å². The largest absolute Gasteiger partial charge is 0.384 e. The van der Waals surface area contributed by atoms with Gasteiger partial charge in [-0.25, -0.2) is 14.4 Å². The second-order valence-electron chi connectivity index (χ2n) is 9.73. The van der Waals surface area contributed by atoms with Gasteiger partial charge in [-0.05, 0) is 38.5 Å². The minimum absolute atomic E-state index is 0. The lowest BCUT2D eigenvalue weighted by Gasteiger charge is -2.37. The molecule has 2 aliphatic rings. The van der Waals surface area contributed by atoms with E-state index in [4.69, 9.17) is 4.99 Å². The van der Waals surface area contributed by atoms with Gasteiger partial charge in [-0.3, -0.25) is 9.79 Å². The molecule has 2 N–H and O–H groups in total. The fourth-order valence-electron chi connectivity index (χ4n) is 4.78. The highest BCUT2D eigenvalue weighted by molar-refractivity contribution is 8.14. The first kappa shape index (κ1) is 27.0. The van der Waals surface area contributed by atoms with Gasteiger partial charge in [0.2, 0.25) is 5.95 Å². The van der Waals surface area contributed by atoms with Gasteiger partial charge >= 0.3 is 0 Å². The van der Waals surface area contributed by atoms with Gasteiger partial charge in [0.1, 0.15) is 11.3 Å². The Morgan fingerprint density at radius 2 is 1.78 bits per heavy atom. The molecule has 3 aromatic rings. The van der Waals surface area contributed by atoms with Crippen molar-refractivity contribution in [2.24, 2.45) is 10.9 Å². The van der Waals surface area contributed by atoms with Crippen LogP contribution in [0.5, 0.6) is 0 Å². The van der Waals surface area contributed by atoms with Gasteiger partial charge in [0, 0.05) is 31.1 Å². The Hall–Kier alpha value is -3.01. The van der Waals surface area contributed by atoms with E-state index >= 15 is 0 Å². The lowest BCUT2D eigenvalue weighted by atomic mass is 9.87. The van der Waals surface area contributed by atoms with E-state index in [9.17, 15) is 14.3 Å². The maximum absolute atomic E-state index is 14.7. The highest BCUT2D eigenvalue weighted by atomic mass is 35.5. The number of benzene rings is 2. The third-order valence-corrected chi connectivity index (χ3v) is 8.13. The highest BCUT2D eigenvalue weighted by Crippen LogP contribution is 2.51. The molecule has 1 saturated heterocycles. The lowest BCUT2D eigenvalue weighted by Crippen LogP contribution is -2.42. The van der Waals surface area contributed by atoms with E-state index in [2.05, 4.69) is 27.4 Å². The van der Waals surface area contributed by atoms with Crippen LogP contribution in [0.3, 0.4) is 0 Å². The molecule has 2 atom stereocenters. The Morgan fingerprint density at radius 1 is 1.14 bits per heavy atom. The summed E-state index contributed by atoms with van der Waals surface area (Å²) in [7, 11) is 0. The van der Waals surface area contributed by atoms with Crippen molar-refractivity contribution in [1.29, 1.82) is 0 Å². The Labute approximate surface area is 226 Å². The molecule has 10 heteroatoms. The van der Waals surface area contributed by atoms with Crippen LogP contribution in [-0.4, -0.2) is 45.8 Å². The van der Waals surface area contributed by atoms with Gasteiger partial charge in [0.05, 0.1) is 10.4 Å². The number of aromatic nitrogens is 2.